The van der Waals surface area contributed by atoms with Gasteiger partial charge in [-0.2, -0.15) is 0 Å². The summed E-state index contributed by atoms with van der Waals surface area (Å²) in [5, 5.41) is 3.20. The van der Waals surface area contributed by atoms with Crippen LogP contribution in [0.5, 0.6) is 0 Å². The lowest BCUT2D eigenvalue weighted by Gasteiger charge is -2.24. The first-order valence-electron chi connectivity index (χ1n) is 6.63. The third kappa shape index (κ3) is 4.03. The van der Waals surface area contributed by atoms with Crippen molar-refractivity contribution in [3.05, 3.63) is 35.1 Å². The van der Waals surface area contributed by atoms with Crippen molar-refractivity contribution in [3.63, 3.8) is 0 Å². The summed E-state index contributed by atoms with van der Waals surface area (Å²) in [6.45, 7) is 8.11. The van der Waals surface area contributed by atoms with E-state index in [2.05, 4.69) is 5.32 Å². The van der Waals surface area contributed by atoms with Crippen LogP contribution in [0, 0.1) is 12.7 Å². The lowest BCUT2D eigenvalue weighted by molar-refractivity contribution is -0.131. The fourth-order valence-electron chi connectivity index (χ4n) is 1.91. The molecule has 0 aliphatic rings. The maximum absolute atomic E-state index is 13.5. The van der Waals surface area contributed by atoms with Crippen LogP contribution in [0.2, 0.25) is 0 Å². The summed E-state index contributed by atoms with van der Waals surface area (Å²) in [5.74, 6) is -0.169. The minimum atomic E-state index is -0.288. The molecule has 0 fully saturated rings. The highest BCUT2D eigenvalue weighted by molar-refractivity contribution is 5.81. The van der Waals surface area contributed by atoms with Gasteiger partial charge in [0.05, 0.1) is 6.04 Å². The molecule has 2 atom stereocenters. The molecule has 3 nitrogen and oxygen atoms in total. The molecule has 0 aromatic heterocycles. The summed E-state index contributed by atoms with van der Waals surface area (Å²) >= 11 is 0. The fourth-order valence-corrected chi connectivity index (χ4v) is 1.91. The van der Waals surface area contributed by atoms with Gasteiger partial charge < -0.3 is 4.90 Å². The molecular formula is C15H23FN2O. The number of aryl methyl sites for hydroxylation is 1. The Bertz CT molecular complexity index is 448. The van der Waals surface area contributed by atoms with Crippen LogP contribution in [0.15, 0.2) is 18.2 Å². The summed E-state index contributed by atoms with van der Waals surface area (Å²) in [5.41, 5.74) is 1.48. The average molecular weight is 266 g/mol. The first kappa shape index (κ1) is 15.6. The molecule has 0 radical (unpaired) electrons. The molecular weight excluding hydrogens is 243 g/mol. The molecule has 4 heteroatoms. The Hall–Kier alpha value is -1.42. The largest absolute Gasteiger partial charge is 0.345 e. The van der Waals surface area contributed by atoms with E-state index in [0.29, 0.717) is 12.1 Å². The Labute approximate surface area is 114 Å². The quantitative estimate of drug-likeness (QED) is 0.888. The van der Waals surface area contributed by atoms with Crippen LogP contribution in [0.3, 0.4) is 0 Å². The molecule has 106 valence electrons. The van der Waals surface area contributed by atoms with E-state index in [9.17, 15) is 9.18 Å². The van der Waals surface area contributed by atoms with Crippen LogP contribution in [0.1, 0.15) is 37.9 Å². The smallest absolute Gasteiger partial charge is 0.239 e. The Balaban J connectivity index is 2.71. The highest BCUT2D eigenvalue weighted by Crippen LogP contribution is 2.17. The van der Waals surface area contributed by atoms with Crippen molar-refractivity contribution < 1.29 is 9.18 Å². The maximum atomic E-state index is 13.5. The molecule has 1 N–H and O–H groups in total. The highest BCUT2D eigenvalue weighted by Gasteiger charge is 2.19. The number of nitrogens with zero attached hydrogens (tertiary/aromatic N) is 1. The van der Waals surface area contributed by atoms with Gasteiger partial charge in [-0.05, 0) is 44.9 Å². The van der Waals surface area contributed by atoms with Gasteiger partial charge >= 0.3 is 0 Å². The Morgan fingerprint density at radius 3 is 2.58 bits per heavy atom. The molecule has 1 rings (SSSR count). The molecule has 1 aromatic carbocycles. The van der Waals surface area contributed by atoms with Crippen molar-refractivity contribution in [1.82, 2.24) is 10.2 Å². The van der Waals surface area contributed by atoms with E-state index in [1.807, 2.05) is 26.8 Å². The molecule has 0 saturated heterocycles. The van der Waals surface area contributed by atoms with Crippen molar-refractivity contribution in [2.45, 2.75) is 39.8 Å². The topological polar surface area (TPSA) is 32.3 Å². The number of hydrogen-bond donors (Lipinski definition) is 1. The number of amides is 1. The van der Waals surface area contributed by atoms with Crippen LogP contribution in [0.4, 0.5) is 4.39 Å². The molecule has 0 aliphatic heterocycles. The molecule has 0 spiro atoms. The molecule has 0 aliphatic carbocycles. The normalized spacial score (nSPS) is 14.0. The van der Waals surface area contributed by atoms with Crippen molar-refractivity contribution in [2.24, 2.45) is 0 Å². The van der Waals surface area contributed by atoms with Gasteiger partial charge in [-0.3, -0.25) is 10.1 Å². The standard InChI is InChI=1S/C15H23FN2O/c1-6-18(5)15(19)12(4)17-11(3)13-8-7-10(2)14(16)9-13/h7-9,11-12,17H,6H2,1-5H3. The lowest BCUT2D eigenvalue weighted by atomic mass is 10.1. The average Bonchev–Trinajstić information content (AvgIpc) is 2.39. The van der Waals surface area contributed by atoms with Gasteiger partial charge in [0.1, 0.15) is 5.82 Å². The number of rotatable bonds is 5. The summed E-state index contributed by atoms with van der Waals surface area (Å²) in [4.78, 5) is 13.6. The van der Waals surface area contributed by atoms with E-state index in [4.69, 9.17) is 0 Å². The van der Waals surface area contributed by atoms with Crippen LogP contribution in [-0.2, 0) is 4.79 Å². The minimum Gasteiger partial charge on any atom is -0.345 e. The van der Waals surface area contributed by atoms with E-state index in [-0.39, 0.29) is 23.8 Å². The summed E-state index contributed by atoms with van der Waals surface area (Å²) < 4.78 is 13.5. The van der Waals surface area contributed by atoms with Crippen LogP contribution in [-0.4, -0.2) is 30.4 Å². The van der Waals surface area contributed by atoms with Crippen molar-refractivity contribution in [2.75, 3.05) is 13.6 Å². The minimum absolute atomic E-state index is 0.0435. The van der Waals surface area contributed by atoms with E-state index in [0.717, 1.165) is 5.56 Å². The summed E-state index contributed by atoms with van der Waals surface area (Å²) in [6.07, 6.45) is 0. The monoisotopic (exact) mass is 266 g/mol. The number of halogens is 1. The van der Waals surface area contributed by atoms with E-state index >= 15 is 0 Å². The number of likely N-dealkylation sites (N-methyl/N-ethyl adjacent to an activating group) is 1. The van der Waals surface area contributed by atoms with Crippen LogP contribution >= 0.6 is 0 Å². The van der Waals surface area contributed by atoms with Gasteiger partial charge in [-0.1, -0.05) is 12.1 Å². The number of carbonyl (C=O) groups is 1. The SMILES string of the molecule is CCN(C)C(=O)C(C)NC(C)c1ccc(C)c(F)c1. The Morgan fingerprint density at radius 2 is 2.05 bits per heavy atom. The lowest BCUT2D eigenvalue weighted by Crippen LogP contribution is -2.43. The van der Waals surface area contributed by atoms with Crippen molar-refractivity contribution in [3.8, 4) is 0 Å². The molecule has 0 bridgehead atoms. The van der Waals surface area contributed by atoms with Crippen molar-refractivity contribution in [1.29, 1.82) is 0 Å². The second kappa shape index (κ2) is 6.66. The van der Waals surface area contributed by atoms with E-state index in [1.165, 1.54) is 6.07 Å². The Morgan fingerprint density at radius 1 is 1.42 bits per heavy atom. The van der Waals surface area contributed by atoms with E-state index in [1.54, 1.807) is 24.9 Å². The zero-order chi connectivity index (χ0) is 14.6. The maximum Gasteiger partial charge on any atom is 0.239 e. The third-order valence-electron chi connectivity index (χ3n) is 3.42. The van der Waals surface area contributed by atoms with Gasteiger partial charge in [0.2, 0.25) is 5.91 Å². The zero-order valence-electron chi connectivity index (χ0n) is 12.3. The second-order valence-corrected chi connectivity index (χ2v) is 4.97. The van der Waals surface area contributed by atoms with Crippen molar-refractivity contribution >= 4 is 5.91 Å². The Kier molecular flexibility index (Phi) is 5.48. The first-order valence-corrected chi connectivity index (χ1v) is 6.63. The zero-order valence-corrected chi connectivity index (χ0v) is 12.3. The van der Waals surface area contributed by atoms with E-state index < -0.39 is 0 Å². The number of nitrogens with one attached hydrogen (secondary N) is 1. The fraction of sp³-hybridized carbons (Fsp3) is 0.533. The molecule has 1 amide bonds. The highest BCUT2D eigenvalue weighted by atomic mass is 19.1. The number of benzene rings is 1. The molecule has 0 saturated carbocycles. The molecule has 1 aromatic rings. The van der Waals surface area contributed by atoms with Gasteiger partial charge in [-0.25, -0.2) is 4.39 Å². The van der Waals surface area contributed by atoms with Gasteiger partial charge in [0.25, 0.3) is 0 Å². The number of hydrogen-bond acceptors (Lipinski definition) is 2. The summed E-state index contributed by atoms with van der Waals surface area (Å²) in [6, 6.07) is 4.81. The number of carbonyl (C=O) groups excluding carboxylic acids is 1. The predicted molar refractivity (Wildman–Crippen MR) is 75.5 cm³/mol. The van der Waals surface area contributed by atoms with Crippen LogP contribution < -0.4 is 5.32 Å². The first-order chi connectivity index (χ1) is 8.86. The van der Waals surface area contributed by atoms with Gasteiger partial charge in [0, 0.05) is 19.6 Å². The predicted octanol–water partition coefficient (Wildman–Crippen LogP) is 2.65. The molecule has 2 unspecified atom stereocenters. The third-order valence-corrected chi connectivity index (χ3v) is 3.42. The molecule has 0 heterocycles. The van der Waals surface area contributed by atoms with Crippen LogP contribution in [0.25, 0.3) is 0 Å². The van der Waals surface area contributed by atoms with Gasteiger partial charge in [0.15, 0.2) is 0 Å². The second-order valence-electron chi connectivity index (χ2n) is 4.97. The summed E-state index contributed by atoms with van der Waals surface area (Å²) in [7, 11) is 1.77. The molecule has 19 heavy (non-hydrogen) atoms. The van der Waals surface area contributed by atoms with Gasteiger partial charge in [-0.15, -0.1) is 0 Å².